The molecule has 0 unspecified atom stereocenters. The smallest absolute Gasteiger partial charge is 0.258 e. The summed E-state index contributed by atoms with van der Waals surface area (Å²) in [6.45, 7) is 6.82. The van der Waals surface area contributed by atoms with Crippen molar-refractivity contribution in [3.8, 4) is 11.1 Å². The number of nitrogens with zero attached hydrogens (tertiary/aromatic N) is 3. The van der Waals surface area contributed by atoms with Crippen LogP contribution >= 0.6 is 11.6 Å². The normalized spacial score (nSPS) is 14.0. The summed E-state index contributed by atoms with van der Waals surface area (Å²) in [6.07, 6.45) is 5.17. The molecule has 0 saturated carbocycles. The third-order valence-corrected chi connectivity index (χ3v) is 5.55. The maximum atomic E-state index is 13.5. The number of carbonyl (C=O) groups excluding carboxylic acids is 1. The van der Waals surface area contributed by atoms with Crippen LogP contribution in [0.15, 0.2) is 55.0 Å². The molecule has 1 aliphatic heterocycles. The lowest BCUT2D eigenvalue weighted by Crippen LogP contribution is -2.37. The van der Waals surface area contributed by atoms with Crippen molar-refractivity contribution in [1.82, 2.24) is 9.97 Å². The van der Waals surface area contributed by atoms with Crippen LogP contribution in [0, 0.1) is 0 Å². The van der Waals surface area contributed by atoms with Crippen LogP contribution in [0.5, 0.6) is 0 Å². The lowest BCUT2D eigenvalue weighted by Gasteiger charge is -2.30. The van der Waals surface area contributed by atoms with Crippen molar-refractivity contribution in [2.45, 2.75) is 19.8 Å². The second-order valence-corrected chi connectivity index (χ2v) is 8.20. The van der Waals surface area contributed by atoms with E-state index in [9.17, 15) is 4.79 Å². The summed E-state index contributed by atoms with van der Waals surface area (Å²) >= 11 is 6.07. The first-order valence-corrected chi connectivity index (χ1v) is 10.7. The average Bonchev–Trinajstić information content (AvgIpc) is 2.80. The summed E-state index contributed by atoms with van der Waals surface area (Å²) in [6, 6.07) is 11.3. The number of benzene rings is 1. The first kappa shape index (κ1) is 21.3. The number of amides is 1. The molecule has 1 aromatic carbocycles. The van der Waals surface area contributed by atoms with Crippen molar-refractivity contribution in [1.29, 1.82) is 0 Å². The zero-order valence-corrected chi connectivity index (χ0v) is 18.4. The molecule has 2 aromatic heterocycles. The molecule has 1 amide bonds. The summed E-state index contributed by atoms with van der Waals surface area (Å²) in [5.74, 6) is 0.127. The zero-order valence-electron chi connectivity index (χ0n) is 17.6. The van der Waals surface area contributed by atoms with Crippen LogP contribution in [0.4, 0.5) is 11.4 Å². The largest absolute Gasteiger partial charge is 0.378 e. The van der Waals surface area contributed by atoms with E-state index in [2.05, 4.69) is 34.0 Å². The first-order valence-electron chi connectivity index (χ1n) is 10.4. The molecule has 4 rings (SSSR count). The molecule has 1 N–H and O–H groups in total. The van der Waals surface area contributed by atoms with Gasteiger partial charge in [-0.25, -0.2) is 0 Å². The second-order valence-electron chi connectivity index (χ2n) is 7.77. The highest BCUT2D eigenvalue weighted by molar-refractivity contribution is 6.30. The molecule has 1 saturated heterocycles. The summed E-state index contributed by atoms with van der Waals surface area (Å²) in [5, 5.41) is 3.65. The van der Waals surface area contributed by atoms with Gasteiger partial charge in [0.2, 0.25) is 0 Å². The van der Waals surface area contributed by atoms with Crippen LogP contribution in [0.25, 0.3) is 11.1 Å². The number of nitrogens with one attached hydrogen (secondary N) is 1. The molecule has 3 heterocycles. The van der Waals surface area contributed by atoms with E-state index in [0.717, 1.165) is 22.5 Å². The van der Waals surface area contributed by atoms with Crippen molar-refractivity contribution in [2.24, 2.45) is 0 Å². The molecule has 7 heteroatoms. The van der Waals surface area contributed by atoms with E-state index in [4.69, 9.17) is 16.3 Å². The summed E-state index contributed by atoms with van der Waals surface area (Å²) in [5.41, 5.74) is 4.64. The molecule has 1 aliphatic rings. The van der Waals surface area contributed by atoms with Gasteiger partial charge >= 0.3 is 0 Å². The maximum Gasteiger partial charge on any atom is 0.258 e. The van der Waals surface area contributed by atoms with Gasteiger partial charge in [0.15, 0.2) is 0 Å². The molecule has 3 aromatic rings. The van der Waals surface area contributed by atoms with E-state index in [1.165, 1.54) is 0 Å². The van der Waals surface area contributed by atoms with Crippen LogP contribution in [0.3, 0.4) is 0 Å². The summed E-state index contributed by atoms with van der Waals surface area (Å²) in [4.78, 5) is 24.5. The summed E-state index contributed by atoms with van der Waals surface area (Å²) in [7, 11) is 0. The van der Waals surface area contributed by atoms with Crippen molar-refractivity contribution in [3.63, 3.8) is 0 Å². The fraction of sp³-hybridized carbons (Fsp3) is 0.292. The van der Waals surface area contributed by atoms with E-state index in [1.807, 2.05) is 36.4 Å². The Kier molecular flexibility index (Phi) is 6.49. The number of halogens is 1. The number of aromatic nitrogens is 2. The maximum absolute atomic E-state index is 13.5. The lowest BCUT2D eigenvalue weighted by atomic mass is 9.99. The van der Waals surface area contributed by atoms with Gasteiger partial charge < -0.3 is 15.0 Å². The minimum atomic E-state index is -0.201. The van der Waals surface area contributed by atoms with Gasteiger partial charge in [-0.05, 0) is 35.7 Å². The molecular weight excluding hydrogens is 412 g/mol. The number of anilines is 2. The standard InChI is InChI=1S/C24H25ClN4O2/c1-16(2)21-8-7-19(13-27-21)28-24(30)23-20(17-3-5-18(25)6-4-17)14-26-15-22(23)29-9-11-31-12-10-29/h3-8,13-16H,9-12H2,1-2H3,(H,28,30). The molecule has 0 bridgehead atoms. The molecule has 1 fully saturated rings. The van der Waals surface area contributed by atoms with Crippen molar-refractivity contribution >= 4 is 28.9 Å². The van der Waals surface area contributed by atoms with Crippen LogP contribution in [-0.4, -0.2) is 42.2 Å². The predicted octanol–water partition coefficient (Wildman–Crippen LogP) is 5.01. The number of pyridine rings is 2. The first-order chi connectivity index (χ1) is 15.0. The van der Waals surface area contributed by atoms with Crippen LogP contribution in [0.2, 0.25) is 5.02 Å². The fourth-order valence-electron chi connectivity index (χ4n) is 3.59. The van der Waals surface area contributed by atoms with Crippen LogP contribution < -0.4 is 10.2 Å². The monoisotopic (exact) mass is 436 g/mol. The van der Waals surface area contributed by atoms with E-state index >= 15 is 0 Å². The van der Waals surface area contributed by atoms with Gasteiger partial charge in [0, 0.05) is 35.6 Å². The average molecular weight is 437 g/mol. The number of hydrogen-bond donors (Lipinski definition) is 1. The predicted molar refractivity (Wildman–Crippen MR) is 124 cm³/mol. The molecular formula is C24H25ClN4O2. The van der Waals surface area contributed by atoms with E-state index < -0.39 is 0 Å². The highest BCUT2D eigenvalue weighted by Gasteiger charge is 2.23. The fourth-order valence-corrected chi connectivity index (χ4v) is 3.72. The molecule has 0 radical (unpaired) electrons. The van der Waals surface area contributed by atoms with Crippen molar-refractivity contribution < 1.29 is 9.53 Å². The Bertz CT molecular complexity index is 1050. The Morgan fingerprint density at radius 3 is 2.45 bits per heavy atom. The molecule has 31 heavy (non-hydrogen) atoms. The quantitative estimate of drug-likeness (QED) is 0.609. The second kappa shape index (κ2) is 9.45. The van der Waals surface area contributed by atoms with Gasteiger partial charge in [-0.2, -0.15) is 0 Å². The highest BCUT2D eigenvalue weighted by atomic mass is 35.5. The lowest BCUT2D eigenvalue weighted by molar-refractivity contribution is 0.102. The Balaban J connectivity index is 1.73. The minimum absolute atomic E-state index is 0.201. The van der Waals surface area contributed by atoms with Gasteiger partial charge in [0.25, 0.3) is 5.91 Å². The Morgan fingerprint density at radius 2 is 1.81 bits per heavy atom. The van der Waals surface area contributed by atoms with Crippen molar-refractivity contribution in [3.05, 3.63) is 71.3 Å². The Hall–Kier alpha value is -2.96. The van der Waals surface area contributed by atoms with Gasteiger partial charge in [-0.1, -0.05) is 37.6 Å². The SMILES string of the molecule is CC(C)c1ccc(NC(=O)c2c(-c3ccc(Cl)cc3)cncc2N2CCOCC2)cn1. The number of rotatable bonds is 5. The van der Waals surface area contributed by atoms with E-state index in [0.29, 0.717) is 48.5 Å². The summed E-state index contributed by atoms with van der Waals surface area (Å²) < 4.78 is 5.49. The third-order valence-electron chi connectivity index (χ3n) is 5.30. The van der Waals surface area contributed by atoms with Crippen molar-refractivity contribution in [2.75, 3.05) is 36.5 Å². The molecule has 0 spiro atoms. The third kappa shape index (κ3) is 4.86. The van der Waals surface area contributed by atoms with Gasteiger partial charge in [-0.3, -0.25) is 14.8 Å². The number of carbonyl (C=O) groups is 1. The molecule has 160 valence electrons. The van der Waals surface area contributed by atoms with E-state index in [-0.39, 0.29) is 5.91 Å². The number of hydrogen-bond acceptors (Lipinski definition) is 5. The number of morpholine rings is 1. The van der Waals surface area contributed by atoms with Gasteiger partial charge in [0.1, 0.15) is 0 Å². The highest BCUT2D eigenvalue weighted by Crippen LogP contribution is 2.32. The van der Waals surface area contributed by atoms with Crippen LogP contribution in [0.1, 0.15) is 35.8 Å². The van der Waals surface area contributed by atoms with Gasteiger partial charge in [0.05, 0.1) is 42.5 Å². The van der Waals surface area contributed by atoms with Crippen LogP contribution in [-0.2, 0) is 4.74 Å². The molecule has 6 nitrogen and oxygen atoms in total. The Labute approximate surface area is 187 Å². The van der Waals surface area contributed by atoms with Gasteiger partial charge in [-0.15, -0.1) is 0 Å². The zero-order chi connectivity index (χ0) is 21.8. The van der Waals surface area contributed by atoms with E-state index in [1.54, 1.807) is 18.6 Å². The molecule has 0 atom stereocenters. The minimum Gasteiger partial charge on any atom is -0.378 e. The molecule has 0 aliphatic carbocycles. The Morgan fingerprint density at radius 1 is 1.06 bits per heavy atom. The topological polar surface area (TPSA) is 67.4 Å². The number of ether oxygens (including phenoxy) is 1.